The molecule has 0 radical (unpaired) electrons. The van der Waals surface area contributed by atoms with Crippen molar-refractivity contribution in [2.24, 2.45) is 0 Å². The Morgan fingerprint density at radius 2 is 2.00 bits per heavy atom. The fourth-order valence-corrected chi connectivity index (χ4v) is 3.39. The summed E-state index contributed by atoms with van der Waals surface area (Å²) in [5, 5.41) is 3.39. The van der Waals surface area contributed by atoms with E-state index in [0.29, 0.717) is 0 Å². The highest BCUT2D eigenvalue weighted by Crippen LogP contribution is 2.44. The van der Waals surface area contributed by atoms with E-state index in [-0.39, 0.29) is 11.4 Å². The van der Waals surface area contributed by atoms with Crippen LogP contribution < -0.4 is 5.32 Å². The first-order chi connectivity index (χ1) is 8.29. The molecule has 17 heavy (non-hydrogen) atoms. The van der Waals surface area contributed by atoms with E-state index in [9.17, 15) is 4.79 Å². The zero-order valence-electron chi connectivity index (χ0n) is 10.2. The van der Waals surface area contributed by atoms with Gasteiger partial charge in [-0.1, -0.05) is 18.2 Å². The maximum Gasteiger partial charge on any atom is 0.254 e. The van der Waals surface area contributed by atoms with Crippen LogP contribution in [0.4, 0.5) is 0 Å². The Balaban J connectivity index is 2.15. The van der Waals surface area contributed by atoms with Crippen LogP contribution >= 0.6 is 0 Å². The highest BCUT2D eigenvalue weighted by molar-refractivity contribution is 6.00. The zero-order chi connectivity index (χ0) is 11.9. The highest BCUT2D eigenvalue weighted by atomic mass is 16.2. The summed E-state index contributed by atoms with van der Waals surface area (Å²) in [5.74, 6) is 0.213. The third-order valence-electron chi connectivity index (χ3n) is 4.17. The summed E-state index contributed by atoms with van der Waals surface area (Å²) in [6.07, 6.45) is 2.06. The zero-order valence-corrected chi connectivity index (χ0v) is 10.2. The molecule has 1 amide bonds. The van der Waals surface area contributed by atoms with Crippen LogP contribution in [0.1, 0.15) is 35.7 Å². The van der Waals surface area contributed by atoms with Crippen LogP contribution in [0.5, 0.6) is 0 Å². The first kappa shape index (κ1) is 10.8. The third-order valence-corrected chi connectivity index (χ3v) is 4.17. The standard InChI is InChI=1S/C14H18N2O/c1-2-16-13(17)11-5-3-4-6-12(11)14(16)7-9-15-10-8-14/h3-6,15H,2,7-10H2,1H3. The molecule has 3 rings (SSSR count). The largest absolute Gasteiger partial charge is 0.329 e. The molecule has 0 unspecified atom stereocenters. The lowest BCUT2D eigenvalue weighted by Crippen LogP contribution is -2.50. The van der Waals surface area contributed by atoms with E-state index in [1.54, 1.807) is 0 Å². The molecule has 1 spiro atoms. The summed E-state index contributed by atoms with van der Waals surface area (Å²) in [4.78, 5) is 14.5. The Bertz CT molecular complexity index is 449. The van der Waals surface area contributed by atoms with Crippen molar-refractivity contribution in [1.82, 2.24) is 10.2 Å². The number of piperidine rings is 1. The molecule has 2 heterocycles. The van der Waals surface area contributed by atoms with E-state index >= 15 is 0 Å². The van der Waals surface area contributed by atoms with Crippen LogP contribution in [-0.2, 0) is 5.54 Å². The maximum absolute atomic E-state index is 12.4. The fourth-order valence-electron chi connectivity index (χ4n) is 3.39. The van der Waals surface area contributed by atoms with Gasteiger partial charge in [0.2, 0.25) is 0 Å². The first-order valence-electron chi connectivity index (χ1n) is 6.42. The van der Waals surface area contributed by atoms with Gasteiger partial charge in [0, 0.05) is 12.1 Å². The molecule has 1 aromatic rings. The van der Waals surface area contributed by atoms with Crippen molar-refractivity contribution in [3.8, 4) is 0 Å². The topological polar surface area (TPSA) is 32.3 Å². The second-order valence-electron chi connectivity index (χ2n) is 4.88. The van der Waals surface area contributed by atoms with Crippen molar-refractivity contribution in [3.05, 3.63) is 35.4 Å². The smallest absolute Gasteiger partial charge is 0.254 e. The minimum Gasteiger partial charge on any atom is -0.329 e. The van der Waals surface area contributed by atoms with Crippen molar-refractivity contribution in [2.45, 2.75) is 25.3 Å². The van der Waals surface area contributed by atoms with Gasteiger partial charge in [-0.05, 0) is 44.5 Å². The molecule has 1 fully saturated rings. The van der Waals surface area contributed by atoms with Gasteiger partial charge < -0.3 is 10.2 Å². The summed E-state index contributed by atoms with van der Waals surface area (Å²) in [6.45, 7) is 4.87. The average Bonchev–Trinajstić information content (AvgIpc) is 2.61. The van der Waals surface area contributed by atoms with Crippen LogP contribution in [-0.4, -0.2) is 30.4 Å². The average molecular weight is 230 g/mol. The number of hydrogen-bond acceptors (Lipinski definition) is 2. The van der Waals surface area contributed by atoms with Crippen LogP contribution in [0.2, 0.25) is 0 Å². The van der Waals surface area contributed by atoms with Gasteiger partial charge >= 0.3 is 0 Å². The van der Waals surface area contributed by atoms with Crippen molar-refractivity contribution in [3.63, 3.8) is 0 Å². The first-order valence-corrected chi connectivity index (χ1v) is 6.42. The number of carbonyl (C=O) groups excluding carboxylic acids is 1. The molecule has 1 saturated heterocycles. The molecule has 1 aromatic carbocycles. The van der Waals surface area contributed by atoms with Gasteiger partial charge in [0.1, 0.15) is 0 Å². The van der Waals surface area contributed by atoms with Crippen molar-refractivity contribution >= 4 is 5.91 Å². The Morgan fingerprint density at radius 1 is 1.29 bits per heavy atom. The molecule has 1 N–H and O–H groups in total. The van der Waals surface area contributed by atoms with E-state index in [2.05, 4.69) is 29.3 Å². The molecule has 0 bridgehead atoms. The molecular weight excluding hydrogens is 212 g/mol. The molecular formula is C14H18N2O. The summed E-state index contributed by atoms with van der Waals surface area (Å²) >= 11 is 0. The Morgan fingerprint density at radius 3 is 2.71 bits per heavy atom. The number of carbonyl (C=O) groups is 1. The molecule has 90 valence electrons. The van der Waals surface area contributed by atoms with Crippen LogP contribution in [0.3, 0.4) is 0 Å². The molecule has 3 nitrogen and oxygen atoms in total. The number of fused-ring (bicyclic) bond motifs is 2. The predicted octanol–water partition coefficient (Wildman–Crippen LogP) is 1.74. The van der Waals surface area contributed by atoms with Gasteiger partial charge in [0.05, 0.1) is 5.54 Å². The lowest BCUT2D eigenvalue weighted by Gasteiger charge is -2.42. The summed E-state index contributed by atoms with van der Waals surface area (Å²) in [6, 6.07) is 8.12. The quantitative estimate of drug-likeness (QED) is 0.797. The molecule has 2 aliphatic heterocycles. The van der Waals surface area contributed by atoms with Gasteiger partial charge in [-0.25, -0.2) is 0 Å². The normalized spacial score (nSPS) is 21.9. The van der Waals surface area contributed by atoms with E-state index in [1.807, 2.05) is 12.1 Å². The number of nitrogens with one attached hydrogen (secondary N) is 1. The SMILES string of the molecule is CCN1C(=O)c2ccccc2C12CCNCC2. The van der Waals surface area contributed by atoms with Crippen LogP contribution in [0.15, 0.2) is 24.3 Å². The Kier molecular flexibility index (Phi) is 2.44. The van der Waals surface area contributed by atoms with E-state index < -0.39 is 0 Å². The van der Waals surface area contributed by atoms with Gasteiger partial charge in [0.15, 0.2) is 0 Å². The van der Waals surface area contributed by atoms with Gasteiger partial charge in [-0.3, -0.25) is 4.79 Å². The molecule has 0 aromatic heterocycles. The lowest BCUT2D eigenvalue weighted by molar-refractivity contribution is 0.0469. The fraction of sp³-hybridized carbons (Fsp3) is 0.500. The summed E-state index contributed by atoms with van der Waals surface area (Å²) in [5.41, 5.74) is 2.12. The van der Waals surface area contributed by atoms with Crippen molar-refractivity contribution in [2.75, 3.05) is 19.6 Å². The Labute approximate surface area is 102 Å². The molecule has 3 heteroatoms. The number of rotatable bonds is 1. The molecule has 0 saturated carbocycles. The summed E-state index contributed by atoms with van der Waals surface area (Å²) in [7, 11) is 0. The van der Waals surface area contributed by atoms with Gasteiger partial charge in [0.25, 0.3) is 5.91 Å². The van der Waals surface area contributed by atoms with Crippen molar-refractivity contribution < 1.29 is 4.79 Å². The highest BCUT2D eigenvalue weighted by Gasteiger charge is 2.48. The molecule has 2 aliphatic rings. The minimum atomic E-state index is -0.0341. The van der Waals surface area contributed by atoms with Crippen LogP contribution in [0.25, 0.3) is 0 Å². The second-order valence-corrected chi connectivity index (χ2v) is 4.88. The summed E-state index contributed by atoms with van der Waals surface area (Å²) < 4.78 is 0. The second kappa shape index (κ2) is 3.84. The number of benzene rings is 1. The maximum atomic E-state index is 12.4. The number of nitrogens with zero attached hydrogens (tertiary/aromatic N) is 1. The number of amides is 1. The Hall–Kier alpha value is -1.35. The minimum absolute atomic E-state index is 0.0341. The van der Waals surface area contributed by atoms with E-state index in [0.717, 1.165) is 38.0 Å². The van der Waals surface area contributed by atoms with E-state index in [1.165, 1.54) is 5.56 Å². The van der Waals surface area contributed by atoms with Crippen molar-refractivity contribution in [1.29, 1.82) is 0 Å². The van der Waals surface area contributed by atoms with E-state index in [4.69, 9.17) is 0 Å². The monoisotopic (exact) mass is 230 g/mol. The molecule has 0 atom stereocenters. The lowest BCUT2D eigenvalue weighted by atomic mass is 9.81. The van der Waals surface area contributed by atoms with Gasteiger partial charge in [-0.2, -0.15) is 0 Å². The number of hydrogen-bond donors (Lipinski definition) is 1. The third kappa shape index (κ3) is 1.35. The predicted molar refractivity (Wildman–Crippen MR) is 66.9 cm³/mol. The van der Waals surface area contributed by atoms with Crippen LogP contribution in [0, 0.1) is 0 Å². The molecule has 0 aliphatic carbocycles. The van der Waals surface area contributed by atoms with Gasteiger partial charge in [-0.15, -0.1) is 0 Å².